The molecule has 0 bridgehead atoms. The average Bonchev–Trinajstić information content (AvgIpc) is 2.68. The van der Waals surface area contributed by atoms with E-state index in [4.69, 9.17) is 11.6 Å². The SMILES string of the molecule is CCCN1CCCc2cc(CCNC(=O)NCc3ccc(Cl)cc3)ccc21. The quantitative estimate of drug-likeness (QED) is 0.734. The van der Waals surface area contributed by atoms with Crippen molar-refractivity contribution in [3.63, 3.8) is 0 Å². The van der Waals surface area contributed by atoms with Crippen LogP contribution in [0.2, 0.25) is 5.02 Å². The van der Waals surface area contributed by atoms with Gasteiger partial charge in [0.15, 0.2) is 0 Å². The van der Waals surface area contributed by atoms with Crippen LogP contribution in [0.4, 0.5) is 10.5 Å². The molecule has 0 saturated carbocycles. The van der Waals surface area contributed by atoms with Gasteiger partial charge in [0.1, 0.15) is 0 Å². The van der Waals surface area contributed by atoms with Crippen LogP contribution in [0.1, 0.15) is 36.5 Å². The molecular weight excluding hydrogens is 358 g/mol. The average molecular weight is 386 g/mol. The van der Waals surface area contributed by atoms with Gasteiger partial charge in [0.2, 0.25) is 0 Å². The van der Waals surface area contributed by atoms with Crippen LogP contribution in [-0.4, -0.2) is 25.7 Å². The van der Waals surface area contributed by atoms with Gasteiger partial charge in [-0.1, -0.05) is 42.8 Å². The van der Waals surface area contributed by atoms with E-state index < -0.39 is 0 Å². The third-order valence-corrected chi connectivity index (χ3v) is 5.17. The molecule has 2 aromatic carbocycles. The van der Waals surface area contributed by atoms with Crippen LogP contribution in [0.25, 0.3) is 0 Å². The normalized spacial score (nSPS) is 13.2. The summed E-state index contributed by atoms with van der Waals surface area (Å²) in [4.78, 5) is 14.5. The summed E-state index contributed by atoms with van der Waals surface area (Å²) in [7, 11) is 0. The van der Waals surface area contributed by atoms with E-state index in [1.807, 2.05) is 24.3 Å². The van der Waals surface area contributed by atoms with Crippen molar-refractivity contribution in [1.82, 2.24) is 10.6 Å². The molecule has 0 atom stereocenters. The molecule has 0 aliphatic carbocycles. The number of amides is 2. The van der Waals surface area contributed by atoms with Crippen molar-refractivity contribution in [2.75, 3.05) is 24.5 Å². The van der Waals surface area contributed by atoms with E-state index >= 15 is 0 Å². The van der Waals surface area contributed by atoms with Crippen molar-refractivity contribution < 1.29 is 4.79 Å². The van der Waals surface area contributed by atoms with Crippen LogP contribution in [0.5, 0.6) is 0 Å². The lowest BCUT2D eigenvalue weighted by Gasteiger charge is -2.31. The maximum Gasteiger partial charge on any atom is 0.315 e. The van der Waals surface area contributed by atoms with Crippen molar-refractivity contribution in [1.29, 1.82) is 0 Å². The number of nitrogens with one attached hydrogen (secondary N) is 2. The first-order chi connectivity index (χ1) is 13.2. The molecule has 4 nitrogen and oxygen atoms in total. The van der Waals surface area contributed by atoms with Gasteiger partial charge in [-0.25, -0.2) is 4.79 Å². The molecule has 0 radical (unpaired) electrons. The Hall–Kier alpha value is -2.20. The van der Waals surface area contributed by atoms with Crippen LogP contribution >= 0.6 is 11.6 Å². The van der Waals surface area contributed by atoms with Crippen molar-refractivity contribution in [3.05, 3.63) is 64.2 Å². The minimum Gasteiger partial charge on any atom is -0.371 e. The minimum atomic E-state index is -0.142. The lowest BCUT2D eigenvalue weighted by Crippen LogP contribution is -2.36. The van der Waals surface area contributed by atoms with Crippen LogP contribution in [-0.2, 0) is 19.4 Å². The first kappa shape index (κ1) is 19.6. The lowest BCUT2D eigenvalue weighted by atomic mass is 9.98. The van der Waals surface area contributed by atoms with E-state index in [2.05, 4.69) is 40.7 Å². The zero-order chi connectivity index (χ0) is 19.1. The number of hydrogen-bond acceptors (Lipinski definition) is 2. The molecule has 2 aromatic rings. The zero-order valence-corrected chi connectivity index (χ0v) is 16.7. The Balaban J connectivity index is 1.44. The standard InChI is InChI=1S/C22H28ClN3O/c1-2-13-26-14-3-4-19-15-17(7-10-21(19)26)11-12-24-22(27)25-16-18-5-8-20(23)9-6-18/h5-10,15H,2-4,11-14,16H2,1H3,(H2,24,25,27). The first-order valence-electron chi connectivity index (χ1n) is 9.78. The minimum absolute atomic E-state index is 0.142. The summed E-state index contributed by atoms with van der Waals surface area (Å²) in [5.74, 6) is 0. The van der Waals surface area contributed by atoms with E-state index in [1.165, 1.54) is 29.7 Å². The fourth-order valence-corrected chi connectivity index (χ4v) is 3.68. The Kier molecular flexibility index (Phi) is 6.99. The Morgan fingerprint density at radius 1 is 1.11 bits per heavy atom. The largest absolute Gasteiger partial charge is 0.371 e. The number of rotatable bonds is 7. The smallest absolute Gasteiger partial charge is 0.315 e. The van der Waals surface area contributed by atoms with Gasteiger partial charge in [-0.3, -0.25) is 0 Å². The predicted octanol–water partition coefficient (Wildman–Crippen LogP) is 4.54. The second kappa shape index (κ2) is 9.65. The highest BCUT2D eigenvalue weighted by Crippen LogP contribution is 2.28. The zero-order valence-electron chi connectivity index (χ0n) is 15.9. The van der Waals surface area contributed by atoms with Crippen LogP contribution in [0.15, 0.2) is 42.5 Å². The van der Waals surface area contributed by atoms with E-state index in [0.717, 1.165) is 31.5 Å². The van der Waals surface area contributed by atoms with E-state index in [1.54, 1.807) is 0 Å². The Morgan fingerprint density at radius 2 is 1.89 bits per heavy atom. The van der Waals surface area contributed by atoms with Gasteiger partial charge >= 0.3 is 6.03 Å². The van der Waals surface area contributed by atoms with Gasteiger partial charge in [0, 0.05) is 36.9 Å². The second-order valence-corrected chi connectivity index (χ2v) is 7.48. The predicted molar refractivity (Wildman–Crippen MR) is 113 cm³/mol. The number of fused-ring (bicyclic) bond motifs is 1. The lowest BCUT2D eigenvalue weighted by molar-refractivity contribution is 0.240. The van der Waals surface area contributed by atoms with Gasteiger partial charge < -0.3 is 15.5 Å². The van der Waals surface area contributed by atoms with Gasteiger partial charge in [0.05, 0.1) is 0 Å². The number of anilines is 1. The molecule has 27 heavy (non-hydrogen) atoms. The maximum absolute atomic E-state index is 12.0. The molecule has 1 heterocycles. The number of halogens is 1. The van der Waals surface area contributed by atoms with Gasteiger partial charge in [0.25, 0.3) is 0 Å². The van der Waals surface area contributed by atoms with Crippen molar-refractivity contribution in [2.24, 2.45) is 0 Å². The van der Waals surface area contributed by atoms with E-state index in [0.29, 0.717) is 18.1 Å². The highest BCUT2D eigenvalue weighted by Gasteiger charge is 2.16. The number of nitrogens with zero attached hydrogens (tertiary/aromatic N) is 1. The monoisotopic (exact) mass is 385 g/mol. The number of carbonyl (C=O) groups is 1. The number of urea groups is 1. The topological polar surface area (TPSA) is 44.4 Å². The molecule has 5 heteroatoms. The summed E-state index contributed by atoms with van der Waals surface area (Å²) in [6.45, 7) is 5.64. The third-order valence-electron chi connectivity index (χ3n) is 4.92. The van der Waals surface area contributed by atoms with Crippen LogP contribution in [0.3, 0.4) is 0 Å². The number of carbonyl (C=O) groups excluding carboxylic acids is 1. The summed E-state index contributed by atoms with van der Waals surface area (Å²) < 4.78 is 0. The molecule has 1 aliphatic rings. The summed E-state index contributed by atoms with van der Waals surface area (Å²) in [5, 5.41) is 6.51. The van der Waals surface area contributed by atoms with Crippen molar-refractivity contribution in [3.8, 4) is 0 Å². The molecule has 1 aliphatic heterocycles. The van der Waals surface area contributed by atoms with Gasteiger partial charge in [-0.15, -0.1) is 0 Å². The molecule has 3 rings (SSSR count). The molecular formula is C22H28ClN3O. The molecule has 144 valence electrons. The molecule has 0 aromatic heterocycles. The van der Waals surface area contributed by atoms with Crippen molar-refractivity contribution >= 4 is 23.3 Å². The highest BCUT2D eigenvalue weighted by atomic mass is 35.5. The molecule has 0 spiro atoms. The Bertz CT molecular complexity index is 761. The van der Waals surface area contributed by atoms with E-state index in [9.17, 15) is 4.79 Å². The Morgan fingerprint density at radius 3 is 2.67 bits per heavy atom. The first-order valence-corrected chi connectivity index (χ1v) is 10.2. The number of hydrogen-bond donors (Lipinski definition) is 2. The van der Waals surface area contributed by atoms with Crippen LogP contribution in [0, 0.1) is 0 Å². The maximum atomic E-state index is 12.0. The molecule has 2 amide bonds. The molecule has 2 N–H and O–H groups in total. The fourth-order valence-electron chi connectivity index (χ4n) is 3.55. The summed E-state index contributed by atoms with van der Waals surface area (Å²) >= 11 is 5.87. The summed E-state index contributed by atoms with van der Waals surface area (Å²) in [5.41, 5.74) is 5.14. The van der Waals surface area contributed by atoms with E-state index in [-0.39, 0.29) is 6.03 Å². The fraction of sp³-hybridized carbons (Fsp3) is 0.409. The molecule has 0 saturated heterocycles. The van der Waals surface area contributed by atoms with Crippen LogP contribution < -0.4 is 15.5 Å². The summed E-state index contributed by atoms with van der Waals surface area (Å²) in [6, 6.07) is 14.1. The third kappa shape index (κ3) is 5.64. The van der Waals surface area contributed by atoms with Crippen molar-refractivity contribution in [2.45, 2.75) is 39.2 Å². The highest BCUT2D eigenvalue weighted by molar-refractivity contribution is 6.30. The number of aryl methyl sites for hydroxylation is 1. The van der Waals surface area contributed by atoms with Gasteiger partial charge in [-0.05, 0) is 60.6 Å². The Labute approximate surface area is 166 Å². The molecule has 0 fully saturated rings. The van der Waals surface area contributed by atoms with Gasteiger partial charge in [-0.2, -0.15) is 0 Å². The number of benzene rings is 2. The summed E-state index contributed by atoms with van der Waals surface area (Å²) in [6.07, 6.45) is 4.39. The molecule has 0 unspecified atom stereocenters. The second-order valence-electron chi connectivity index (χ2n) is 7.04.